The van der Waals surface area contributed by atoms with Crippen LogP contribution in [0.5, 0.6) is 5.75 Å². The highest BCUT2D eigenvalue weighted by atomic mass is 19.1. The summed E-state index contributed by atoms with van der Waals surface area (Å²) in [5.74, 6) is -0.647. The molecule has 1 aliphatic heterocycles. The molecule has 2 heterocycles. The Bertz CT molecular complexity index is 1520. The standard InChI is InChI=1S/C32H33FN4O4/c1-4-6-23(14-22(3)30-15-24(17-34-30)32(40)37-12-11-26(38)19-37)20-41-27-9-10-29(28(33)16-27)35-18-31(39)36-25-8-5-7-21(2)13-25/h4-10,13-17,34-35H,3,11-12,18-20H2,1-2H3,(H,36,39)/b6-4-,23-14+. The fourth-order valence-electron chi connectivity index (χ4n) is 4.34. The Morgan fingerprint density at radius 3 is 2.73 bits per heavy atom. The van der Waals surface area contributed by atoms with Gasteiger partial charge in [-0.1, -0.05) is 30.9 Å². The molecule has 212 valence electrons. The molecule has 41 heavy (non-hydrogen) atoms. The van der Waals surface area contributed by atoms with Gasteiger partial charge in [-0.15, -0.1) is 0 Å². The molecule has 3 N–H and O–H groups in total. The van der Waals surface area contributed by atoms with E-state index in [4.69, 9.17) is 4.74 Å². The average Bonchev–Trinajstić information content (AvgIpc) is 3.61. The van der Waals surface area contributed by atoms with Gasteiger partial charge in [0.1, 0.15) is 18.2 Å². The van der Waals surface area contributed by atoms with Crippen LogP contribution in [0.4, 0.5) is 15.8 Å². The number of H-pyrrole nitrogens is 1. The van der Waals surface area contributed by atoms with E-state index in [-0.39, 0.29) is 43.0 Å². The van der Waals surface area contributed by atoms with Crippen molar-refractivity contribution in [3.63, 3.8) is 0 Å². The fourth-order valence-corrected chi connectivity index (χ4v) is 4.34. The Hall–Kier alpha value is -4.92. The lowest BCUT2D eigenvalue weighted by Gasteiger charge is -2.12. The van der Waals surface area contributed by atoms with E-state index in [9.17, 15) is 18.8 Å². The molecule has 0 radical (unpaired) electrons. The highest BCUT2D eigenvalue weighted by molar-refractivity contribution is 5.99. The predicted molar refractivity (Wildman–Crippen MR) is 158 cm³/mol. The van der Waals surface area contributed by atoms with Gasteiger partial charge in [-0.25, -0.2) is 4.39 Å². The van der Waals surface area contributed by atoms with Gasteiger partial charge in [0, 0.05) is 36.6 Å². The van der Waals surface area contributed by atoms with Crippen LogP contribution in [0.15, 0.2) is 85.1 Å². The van der Waals surface area contributed by atoms with Crippen LogP contribution >= 0.6 is 0 Å². The number of hydrogen-bond donors (Lipinski definition) is 3. The number of ketones is 1. The van der Waals surface area contributed by atoms with Crippen molar-refractivity contribution in [1.82, 2.24) is 9.88 Å². The molecule has 0 aliphatic carbocycles. The molecule has 2 aromatic carbocycles. The number of carbonyl (C=O) groups excluding carboxylic acids is 3. The molecule has 8 nitrogen and oxygen atoms in total. The second-order valence-electron chi connectivity index (χ2n) is 9.76. The largest absolute Gasteiger partial charge is 0.489 e. The van der Waals surface area contributed by atoms with E-state index in [1.807, 2.05) is 50.3 Å². The van der Waals surface area contributed by atoms with E-state index in [0.717, 1.165) is 11.1 Å². The lowest BCUT2D eigenvalue weighted by atomic mass is 10.1. The van der Waals surface area contributed by atoms with Gasteiger partial charge in [0.2, 0.25) is 5.91 Å². The number of aromatic nitrogens is 1. The number of anilines is 2. The number of halogens is 1. The molecule has 0 atom stereocenters. The number of allylic oxidation sites excluding steroid dienone is 3. The minimum atomic E-state index is -0.546. The van der Waals surface area contributed by atoms with Gasteiger partial charge in [0.15, 0.2) is 5.78 Å². The molecule has 1 aliphatic rings. The summed E-state index contributed by atoms with van der Waals surface area (Å²) in [7, 11) is 0. The minimum absolute atomic E-state index is 0.0597. The highest BCUT2D eigenvalue weighted by Crippen LogP contribution is 2.23. The number of hydrogen-bond acceptors (Lipinski definition) is 5. The number of carbonyl (C=O) groups is 3. The summed E-state index contributed by atoms with van der Waals surface area (Å²) >= 11 is 0. The summed E-state index contributed by atoms with van der Waals surface area (Å²) in [6.07, 6.45) is 7.52. The molecule has 0 unspecified atom stereocenters. The first kappa shape index (κ1) is 29.1. The molecule has 1 aromatic heterocycles. The molecule has 0 saturated carbocycles. The predicted octanol–water partition coefficient (Wildman–Crippen LogP) is 5.52. The summed E-state index contributed by atoms with van der Waals surface area (Å²) < 4.78 is 20.5. The Morgan fingerprint density at radius 1 is 1.20 bits per heavy atom. The lowest BCUT2D eigenvalue weighted by molar-refractivity contribution is -0.117. The number of rotatable bonds is 11. The van der Waals surface area contributed by atoms with Crippen LogP contribution in [0.25, 0.3) is 5.57 Å². The van der Waals surface area contributed by atoms with Crippen LogP contribution in [-0.2, 0) is 9.59 Å². The van der Waals surface area contributed by atoms with Crippen molar-refractivity contribution in [3.8, 4) is 5.75 Å². The van der Waals surface area contributed by atoms with Gasteiger partial charge < -0.3 is 25.3 Å². The normalized spacial score (nSPS) is 13.5. The number of likely N-dealkylation sites (tertiary alicyclic amines) is 1. The van der Waals surface area contributed by atoms with Gasteiger partial charge in [-0.05, 0) is 67.0 Å². The Balaban J connectivity index is 1.32. The molecular formula is C32H33FN4O4. The van der Waals surface area contributed by atoms with Gasteiger partial charge in [0.05, 0.1) is 24.3 Å². The van der Waals surface area contributed by atoms with Crippen LogP contribution in [0.3, 0.4) is 0 Å². The smallest absolute Gasteiger partial charge is 0.255 e. The maximum absolute atomic E-state index is 14.7. The summed E-state index contributed by atoms with van der Waals surface area (Å²) in [4.78, 5) is 41.0. The lowest BCUT2D eigenvalue weighted by Crippen LogP contribution is -2.28. The molecular weight excluding hydrogens is 523 g/mol. The van der Waals surface area contributed by atoms with Gasteiger partial charge in [-0.2, -0.15) is 0 Å². The number of benzene rings is 2. The quantitative estimate of drug-likeness (QED) is 0.270. The average molecular weight is 557 g/mol. The minimum Gasteiger partial charge on any atom is -0.489 e. The fraction of sp³-hybridized carbons (Fsp3) is 0.219. The summed E-state index contributed by atoms with van der Waals surface area (Å²) in [6.45, 7) is 8.53. The topological polar surface area (TPSA) is 104 Å². The number of nitrogens with one attached hydrogen (secondary N) is 3. The zero-order chi connectivity index (χ0) is 29.4. The zero-order valence-electron chi connectivity index (χ0n) is 23.1. The number of ether oxygens (including phenoxy) is 1. The first-order valence-electron chi connectivity index (χ1n) is 13.3. The van der Waals surface area contributed by atoms with E-state index < -0.39 is 5.82 Å². The third-order valence-electron chi connectivity index (χ3n) is 6.42. The molecule has 0 bridgehead atoms. The summed E-state index contributed by atoms with van der Waals surface area (Å²) in [6, 6.07) is 13.5. The van der Waals surface area contributed by atoms with Crippen LogP contribution < -0.4 is 15.4 Å². The number of amides is 2. The summed E-state index contributed by atoms with van der Waals surface area (Å²) in [5.41, 5.74) is 4.42. The van der Waals surface area contributed by atoms with Crippen LogP contribution in [0, 0.1) is 12.7 Å². The van der Waals surface area contributed by atoms with Gasteiger partial charge in [0.25, 0.3) is 5.91 Å². The Kier molecular flexibility index (Phi) is 9.52. The Labute approximate surface area is 238 Å². The van der Waals surface area contributed by atoms with Gasteiger partial charge in [-0.3, -0.25) is 14.4 Å². The molecule has 3 aromatic rings. The molecule has 2 amide bonds. The SMILES string of the molecule is C=C(/C=C(\C=C/C)COc1ccc(NCC(=O)Nc2cccc(C)c2)c(F)c1)c1cc(C(=O)N2CCC(=O)C2)c[nH]1. The van der Waals surface area contributed by atoms with E-state index >= 15 is 0 Å². The van der Waals surface area contributed by atoms with Crippen molar-refractivity contribution in [2.75, 3.05) is 36.9 Å². The molecule has 0 spiro atoms. The maximum Gasteiger partial charge on any atom is 0.255 e. The van der Waals surface area contributed by atoms with Crippen LogP contribution in [0.1, 0.15) is 35.0 Å². The van der Waals surface area contributed by atoms with Crippen molar-refractivity contribution >= 4 is 34.5 Å². The number of aryl methyl sites for hydroxylation is 1. The molecule has 9 heteroatoms. The third-order valence-corrected chi connectivity index (χ3v) is 6.42. The van der Waals surface area contributed by atoms with Gasteiger partial charge >= 0.3 is 0 Å². The van der Waals surface area contributed by atoms with Crippen LogP contribution in [-0.4, -0.2) is 53.7 Å². The van der Waals surface area contributed by atoms with Crippen molar-refractivity contribution in [2.24, 2.45) is 0 Å². The zero-order valence-corrected chi connectivity index (χ0v) is 23.1. The number of nitrogens with zero attached hydrogens (tertiary/aromatic N) is 1. The van der Waals surface area contributed by atoms with E-state index in [0.29, 0.717) is 41.2 Å². The third kappa shape index (κ3) is 8.04. The Morgan fingerprint density at radius 2 is 2.02 bits per heavy atom. The van der Waals surface area contributed by atoms with E-state index in [2.05, 4.69) is 22.2 Å². The first-order valence-corrected chi connectivity index (χ1v) is 13.3. The summed E-state index contributed by atoms with van der Waals surface area (Å²) in [5, 5.41) is 5.59. The van der Waals surface area contributed by atoms with E-state index in [1.54, 1.807) is 24.4 Å². The second kappa shape index (κ2) is 13.4. The van der Waals surface area contributed by atoms with E-state index in [1.165, 1.54) is 17.0 Å². The van der Waals surface area contributed by atoms with Crippen molar-refractivity contribution in [1.29, 1.82) is 0 Å². The highest BCUT2D eigenvalue weighted by Gasteiger charge is 2.25. The second-order valence-corrected chi connectivity index (χ2v) is 9.76. The van der Waals surface area contributed by atoms with Crippen molar-refractivity contribution in [2.45, 2.75) is 20.3 Å². The van der Waals surface area contributed by atoms with Crippen molar-refractivity contribution < 1.29 is 23.5 Å². The number of Topliss-reactive ketones (excluding diaryl/α,β-unsaturated/α-hetero) is 1. The van der Waals surface area contributed by atoms with Crippen molar-refractivity contribution in [3.05, 3.63) is 108 Å². The van der Waals surface area contributed by atoms with Crippen LogP contribution in [0.2, 0.25) is 0 Å². The monoisotopic (exact) mass is 556 g/mol. The maximum atomic E-state index is 14.7. The molecule has 1 fully saturated rings. The molecule has 1 saturated heterocycles. The number of aromatic amines is 1. The first-order chi connectivity index (χ1) is 19.7. The molecule has 4 rings (SSSR count).